The largest absolute Gasteiger partial charge is 0.417 e. The summed E-state index contributed by atoms with van der Waals surface area (Å²) < 4.78 is 66.3. The second-order valence-corrected chi connectivity index (χ2v) is 9.28. The van der Waals surface area contributed by atoms with Gasteiger partial charge in [0, 0.05) is 25.6 Å². The highest BCUT2D eigenvalue weighted by molar-refractivity contribution is 7.89. The number of nitrogens with zero attached hydrogens (tertiary/aromatic N) is 1. The van der Waals surface area contributed by atoms with E-state index >= 15 is 0 Å². The molecule has 2 aromatic carbocycles. The molecule has 9 heteroatoms. The monoisotopic (exact) mass is 440 g/mol. The van der Waals surface area contributed by atoms with Crippen molar-refractivity contribution in [1.29, 1.82) is 0 Å². The Morgan fingerprint density at radius 2 is 1.67 bits per heavy atom. The van der Waals surface area contributed by atoms with Crippen molar-refractivity contribution in [2.24, 2.45) is 5.92 Å². The van der Waals surface area contributed by atoms with Crippen LogP contribution in [0.3, 0.4) is 0 Å². The Morgan fingerprint density at radius 3 is 2.27 bits per heavy atom. The Kier molecular flexibility index (Phi) is 6.52. The molecule has 0 spiro atoms. The van der Waals surface area contributed by atoms with Gasteiger partial charge in [0.2, 0.25) is 15.9 Å². The molecular weight excluding hydrogens is 417 g/mol. The predicted octanol–water partition coefficient (Wildman–Crippen LogP) is 3.73. The van der Waals surface area contributed by atoms with Crippen LogP contribution in [0.25, 0.3) is 0 Å². The molecule has 0 bridgehead atoms. The number of rotatable bonds is 5. The first-order chi connectivity index (χ1) is 14.1. The van der Waals surface area contributed by atoms with E-state index < -0.39 is 26.7 Å². The van der Waals surface area contributed by atoms with Crippen LogP contribution in [0.5, 0.6) is 0 Å². The molecule has 0 aliphatic carbocycles. The second-order valence-electron chi connectivity index (χ2n) is 7.38. The van der Waals surface area contributed by atoms with Crippen molar-refractivity contribution < 1.29 is 26.4 Å². The summed E-state index contributed by atoms with van der Waals surface area (Å²) in [4.78, 5) is 11.7. The molecule has 0 radical (unpaired) electrons. The third-order valence-corrected chi connectivity index (χ3v) is 7.18. The molecule has 1 N–H and O–H groups in total. The van der Waals surface area contributed by atoms with Crippen LogP contribution >= 0.6 is 0 Å². The zero-order valence-electron chi connectivity index (χ0n) is 16.4. The van der Waals surface area contributed by atoms with Gasteiger partial charge >= 0.3 is 6.18 Å². The molecule has 1 aliphatic rings. The molecule has 5 nitrogen and oxygen atoms in total. The molecule has 0 saturated carbocycles. The molecule has 30 heavy (non-hydrogen) atoms. The Labute approximate surface area is 173 Å². The van der Waals surface area contributed by atoms with E-state index in [4.69, 9.17) is 0 Å². The van der Waals surface area contributed by atoms with Crippen molar-refractivity contribution in [2.45, 2.75) is 37.4 Å². The number of amides is 1. The Balaban J connectivity index is 1.62. The fourth-order valence-electron chi connectivity index (χ4n) is 3.46. The lowest BCUT2D eigenvalue weighted by Crippen LogP contribution is -2.43. The van der Waals surface area contributed by atoms with Gasteiger partial charge in [-0.1, -0.05) is 42.0 Å². The molecule has 1 aliphatic heterocycles. The van der Waals surface area contributed by atoms with Crippen molar-refractivity contribution in [1.82, 2.24) is 9.62 Å². The quantitative estimate of drug-likeness (QED) is 0.771. The van der Waals surface area contributed by atoms with Crippen LogP contribution in [-0.4, -0.2) is 31.7 Å². The lowest BCUT2D eigenvalue weighted by Gasteiger charge is -2.31. The zero-order chi connectivity index (χ0) is 21.9. The molecule has 2 aromatic rings. The number of piperidine rings is 1. The minimum absolute atomic E-state index is 0.00283. The van der Waals surface area contributed by atoms with Gasteiger partial charge in [0.25, 0.3) is 0 Å². The molecule has 1 saturated heterocycles. The number of hydrogen-bond acceptors (Lipinski definition) is 3. The highest BCUT2D eigenvalue weighted by Gasteiger charge is 2.40. The van der Waals surface area contributed by atoms with Crippen molar-refractivity contribution in [3.05, 3.63) is 65.2 Å². The lowest BCUT2D eigenvalue weighted by molar-refractivity contribution is -0.139. The van der Waals surface area contributed by atoms with Gasteiger partial charge in [-0.15, -0.1) is 0 Å². The summed E-state index contributed by atoms with van der Waals surface area (Å²) in [7, 11) is -4.30. The summed E-state index contributed by atoms with van der Waals surface area (Å²) in [6, 6.07) is 11.9. The maximum atomic E-state index is 13.2. The van der Waals surface area contributed by atoms with Crippen LogP contribution in [-0.2, 0) is 27.5 Å². The smallest absolute Gasteiger partial charge is 0.352 e. The number of carbonyl (C=O) groups is 1. The van der Waals surface area contributed by atoms with Gasteiger partial charge in [-0.2, -0.15) is 17.5 Å². The number of hydrogen-bond donors (Lipinski definition) is 1. The van der Waals surface area contributed by atoms with E-state index in [1.54, 1.807) is 0 Å². The van der Waals surface area contributed by atoms with Gasteiger partial charge in [-0.25, -0.2) is 8.42 Å². The van der Waals surface area contributed by atoms with Gasteiger partial charge in [0.05, 0.1) is 10.5 Å². The zero-order valence-corrected chi connectivity index (χ0v) is 17.3. The molecule has 0 aromatic heterocycles. The van der Waals surface area contributed by atoms with Crippen LogP contribution in [0.1, 0.15) is 29.5 Å². The Hall–Kier alpha value is -2.39. The van der Waals surface area contributed by atoms with Crippen LogP contribution in [0.4, 0.5) is 13.2 Å². The highest BCUT2D eigenvalue weighted by atomic mass is 32.2. The summed E-state index contributed by atoms with van der Waals surface area (Å²) in [5.74, 6) is -0.553. The van der Waals surface area contributed by atoms with E-state index in [1.165, 1.54) is 6.07 Å². The third kappa shape index (κ3) is 5.02. The summed E-state index contributed by atoms with van der Waals surface area (Å²) in [6.07, 6.45) is -4.25. The molecule has 0 unspecified atom stereocenters. The molecule has 1 amide bonds. The first-order valence-corrected chi connectivity index (χ1v) is 11.0. The van der Waals surface area contributed by atoms with Crippen LogP contribution in [0, 0.1) is 12.8 Å². The molecule has 1 fully saturated rings. The maximum absolute atomic E-state index is 13.2. The summed E-state index contributed by atoms with van der Waals surface area (Å²) >= 11 is 0. The van der Waals surface area contributed by atoms with Gasteiger partial charge in [0.15, 0.2) is 0 Å². The van der Waals surface area contributed by atoms with Crippen LogP contribution < -0.4 is 5.32 Å². The topological polar surface area (TPSA) is 66.5 Å². The molecule has 1 heterocycles. The number of carbonyl (C=O) groups excluding carboxylic acids is 1. The lowest BCUT2D eigenvalue weighted by atomic mass is 9.97. The number of halogens is 3. The maximum Gasteiger partial charge on any atom is 0.417 e. The van der Waals surface area contributed by atoms with Gasteiger partial charge in [-0.05, 0) is 37.5 Å². The normalized spacial score (nSPS) is 16.4. The average molecular weight is 440 g/mol. The van der Waals surface area contributed by atoms with Gasteiger partial charge in [-0.3, -0.25) is 4.79 Å². The first-order valence-electron chi connectivity index (χ1n) is 9.58. The fraction of sp³-hybridized carbons (Fsp3) is 0.381. The van der Waals surface area contributed by atoms with Crippen LogP contribution in [0.15, 0.2) is 53.4 Å². The van der Waals surface area contributed by atoms with E-state index in [0.717, 1.165) is 33.6 Å². The van der Waals surface area contributed by atoms with E-state index in [9.17, 15) is 26.4 Å². The molecule has 162 valence electrons. The van der Waals surface area contributed by atoms with Crippen molar-refractivity contribution >= 4 is 15.9 Å². The number of benzene rings is 2. The van der Waals surface area contributed by atoms with Crippen molar-refractivity contribution in [2.75, 3.05) is 13.1 Å². The van der Waals surface area contributed by atoms with Gasteiger partial charge < -0.3 is 5.32 Å². The Morgan fingerprint density at radius 1 is 1.07 bits per heavy atom. The second kappa shape index (κ2) is 8.77. The minimum Gasteiger partial charge on any atom is -0.352 e. The predicted molar refractivity (Wildman–Crippen MR) is 106 cm³/mol. The van der Waals surface area contributed by atoms with E-state index in [-0.39, 0.29) is 37.8 Å². The first kappa shape index (κ1) is 22.3. The molecule has 0 atom stereocenters. The SMILES string of the molecule is Cc1ccc(CNC(=O)C2CCN(S(=O)(=O)c3ccccc3C(F)(F)F)CC2)cc1. The standard InChI is InChI=1S/C21H23F3N2O3S/c1-15-6-8-16(9-7-15)14-25-20(27)17-10-12-26(13-11-17)30(28,29)19-5-3-2-4-18(19)21(22,23)24/h2-9,17H,10-14H2,1H3,(H,25,27). The molecular formula is C21H23F3N2O3S. The minimum atomic E-state index is -4.77. The van der Waals surface area contributed by atoms with Crippen LogP contribution in [0.2, 0.25) is 0 Å². The van der Waals surface area contributed by atoms with Crippen molar-refractivity contribution in [3.63, 3.8) is 0 Å². The Bertz CT molecular complexity index is 997. The van der Waals surface area contributed by atoms with Gasteiger partial charge in [0.1, 0.15) is 0 Å². The van der Waals surface area contributed by atoms with E-state index in [0.29, 0.717) is 6.54 Å². The van der Waals surface area contributed by atoms with Crippen molar-refractivity contribution in [3.8, 4) is 0 Å². The number of sulfonamides is 1. The summed E-state index contributed by atoms with van der Waals surface area (Å²) in [5.41, 5.74) is 0.895. The number of aryl methyl sites for hydroxylation is 1. The fourth-order valence-corrected chi connectivity index (χ4v) is 5.14. The number of nitrogens with one attached hydrogen (secondary N) is 1. The summed E-state index contributed by atoms with van der Waals surface area (Å²) in [5, 5.41) is 2.85. The highest BCUT2D eigenvalue weighted by Crippen LogP contribution is 2.36. The summed E-state index contributed by atoms with van der Waals surface area (Å²) in [6.45, 7) is 2.34. The van der Waals surface area contributed by atoms with E-state index in [1.807, 2.05) is 31.2 Å². The average Bonchev–Trinajstić information content (AvgIpc) is 2.72. The third-order valence-electron chi connectivity index (χ3n) is 5.22. The van der Waals surface area contributed by atoms with E-state index in [2.05, 4.69) is 5.32 Å². The molecule has 3 rings (SSSR count). The number of alkyl halides is 3.